The number of rotatable bonds is 3. The van der Waals surface area contributed by atoms with Gasteiger partial charge in [0.25, 0.3) is 5.69 Å². The molecule has 2 aromatic carbocycles. The number of nitrogens with one attached hydrogen (secondary N) is 1. The molecule has 2 aliphatic rings. The van der Waals surface area contributed by atoms with Gasteiger partial charge in [-0.05, 0) is 35.6 Å². The van der Waals surface area contributed by atoms with E-state index < -0.39 is 0 Å². The molecule has 1 aliphatic carbocycles. The molecule has 0 fully saturated rings. The molecule has 3 atom stereocenters. The van der Waals surface area contributed by atoms with E-state index in [0.29, 0.717) is 11.6 Å². The Kier molecular flexibility index (Phi) is 3.49. The summed E-state index contributed by atoms with van der Waals surface area (Å²) in [6.07, 6.45) is 5.32. The molecule has 0 amide bonds. The zero-order chi connectivity index (χ0) is 16.7. The van der Waals surface area contributed by atoms with Gasteiger partial charge in [-0.25, -0.2) is 0 Å². The van der Waals surface area contributed by atoms with Crippen LogP contribution in [0.15, 0.2) is 54.6 Å². The molecule has 0 saturated carbocycles. The summed E-state index contributed by atoms with van der Waals surface area (Å²) in [5.74, 6) is 1.36. The number of nitro benzene ring substituents is 1. The first-order valence-corrected chi connectivity index (χ1v) is 8.03. The van der Waals surface area contributed by atoms with Gasteiger partial charge in [0.1, 0.15) is 11.4 Å². The molecule has 3 unspecified atom stereocenters. The summed E-state index contributed by atoms with van der Waals surface area (Å²) in [7, 11) is 1.65. The number of para-hydroxylation sites is 1. The first-order valence-electron chi connectivity index (χ1n) is 8.03. The summed E-state index contributed by atoms with van der Waals surface area (Å²) >= 11 is 0. The molecule has 1 heterocycles. The van der Waals surface area contributed by atoms with E-state index in [1.807, 2.05) is 24.3 Å². The van der Waals surface area contributed by atoms with Crippen LogP contribution in [0.2, 0.25) is 0 Å². The fourth-order valence-electron chi connectivity index (χ4n) is 3.92. The van der Waals surface area contributed by atoms with Crippen molar-refractivity contribution in [2.24, 2.45) is 5.92 Å². The highest BCUT2D eigenvalue weighted by atomic mass is 16.6. The Morgan fingerprint density at radius 1 is 1.25 bits per heavy atom. The highest BCUT2D eigenvalue weighted by Gasteiger charge is 2.40. The number of allylic oxidation sites excluding steroid dienone is 2. The van der Waals surface area contributed by atoms with E-state index in [1.165, 1.54) is 0 Å². The minimum absolute atomic E-state index is 0.0219. The number of hydrogen-bond acceptors (Lipinski definition) is 4. The average Bonchev–Trinajstić information content (AvgIpc) is 3.10. The van der Waals surface area contributed by atoms with Crippen LogP contribution in [0.4, 0.5) is 11.4 Å². The predicted molar refractivity (Wildman–Crippen MR) is 92.4 cm³/mol. The van der Waals surface area contributed by atoms with Gasteiger partial charge in [0.2, 0.25) is 0 Å². The van der Waals surface area contributed by atoms with E-state index >= 15 is 0 Å². The van der Waals surface area contributed by atoms with Crippen molar-refractivity contribution in [2.45, 2.75) is 18.4 Å². The largest absolute Gasteiger partial charge is 0.497 e. The molecular weight excluding hydrogens is 304 g/mol. The van der Waals surface area contributed by atoms with E-state index in [1.54, 1.807) is 19.2 Å². The molecule has 5 nitrogen and oxygen atoms in total. The van der Waals surface area contributed by atoms with E-state index in [2.05, 4.69) is 23.5 Å². The van der Waals surface area contributed by atoms with Crippen molar-refractivity contribution >= 4 is 11.4 Å². The smallest absolute Gasteiger partial charge is 0.292 e. The number of anilines is 1. The molecule has 0 spiro atoms. The van der Waals surface area contributed by atoms with Crippen LogP contribution in [0.3, 0.4) is 0 Å². The van der Waals surface area contributed by atoms with Gasteiger partial charge in [-0.1, -0.05) is 36.4 Å². The Labute approximate surface area is 140 Å². The lowest BCUT2D eigenvalue weighted by atomic mass is 9.77. The molecule has 24 heavy (non-hydrogen) atoms. The Balaban J connectivity index is 1.83. The lowest BCUT2D eigenvalue weighted by Gasteiger charge is -2.37. The highest BCUT2D eigenvalue weighted by molar-refractivity contribution is 5.71. The van der Waals surface area contributed by atoms with Gasteiger partial charge < -0.3 is 10.1 Å². The molecule has 1 N–H and O–H groups in total. The van der Waals surface area contributed by atoms with Crippen molar-refractivity contribution in [3.05, 3.63) is 75.9 Å². The van der Waals surface area contributed by atoms with Crippen molar-refractivity contribution in [1.29, 1.82) is 0 Å². The molecule has 0 aromatic heterocycles. The molecule has 1 aliphatic heterocycles. The number of nitro groups is 1. The standard InChI is InChI=1S/C19H18N2O3/c1-24-13-6-2-5-12(11-13)18-15-8-3-7-14(15)16-9-4-10-17(21(22)23)19(16)20-18/h2-7,9-11,14-15,18,20H,8H2,1H3. The number of hydrogen-bond donors (Lipinski definition) is 1. The second kappa shape index (κ2) is 5.67. The summed E-state index contributed by atoms with van der Waals surface area (Å²) < 4.78 is 5.34. The normalized spacial score (nSPS) is 24.0. The Morgan fingerprint density at radius 3 is 2.88 bits per heavy atom. The van der Waals surface area contributed by atoms with Crippen LogP contribution in [0, 0.1) is 16.0 Å². The topological polar surface area (TPSA) is 64.4 Å². The van der Waals surface area contributed by atoms with Crippen molar-refractivity contribution in [3.8, 4) is 5.75 Å². The van der Waals surface area contributed by atoms with Crippen molar-refractivity contribution in [3.63, 3.8) is 0 Å². The van der Waals surface area contributed by atoms with Crippen molar-refractivity contribution < 1.29 is 9.66 Å². The fourth-order valence-corrected chi connectivity index (χ4v) is 3.92. The molecule has 122 valence electrons. The van der Waals surface area contributed by atoms with E-state index in [-0.39, 0.29) is 22.6 Å². The van der Waals surface area contributed by atoms with E-state index in [9.17, 15) is 10.1 Å². The van der Waals surface area contributed by atoms with Gasteiger partial charge in [-0.15, -0.1) is 0 Å². The second-order valence-electron chi connectivity index (χ2n) is 6.25. The highest BCUT2D eigenvalue weighted by Crippen LogP contribution is 2.52. The van der Waals surface area contributed by atoms with Gasteiger partial charge in [0.05, 0.1) is 18.1 Å². The number of ether oxygens (including phenoxy) is 1. The maximum absolute atomic E-state index is 11.4. The van der Waals surface area contributed by atoms with Crippen molar-refractivity contribution in [2.75, 3.05) is 12.4 Å². The van der Waals surface area contributed by atoms with E-state index in [0.717, 1.165) is 23.3 Å². The van der Waals surface area contributed by atoms with Crippen LogP contribution >= 0.6 is 0 Å². The summed E-state index contributed by atoms with van der Waals surface area (Å²) in [5, 5.41) is 14.9. The third-order valence-corrected chi connectivity index (χ3v) is 5.02. The zero-order valence-electron chi connectivity index (χ0n) is 13.3. The molecule has 5 heteroatoms. The number of benzene rings is 2. The average molecular weight is 322 g/mol. The lowest BCUT2D eigenvalue weighted by Crippen LogP contribution is -2.29. The number of nitrogens with zero attached hydrogens (tertiary/aromatic N) is 1. The van der Waals surface area contributed by atoms with Gasteiger partial charge in [-0.3, -0.25) is 10.1 Å². The van der Waals surface area contributed by atoms with Gasteiger partial charge in [0.15, 0.2) is 0 Å². The van der Waals surface area contributed by atoms with Crippen LogP contribution < -0.4 is 10.1 Å². The van der Waals surface area contributed by atoms with Crippen molar-refractivity contribution in [1.82, 2.24) is 0 Å². The Hall–Kier alpha value is -2.82. The first kappa shape index (κ1) is 14.8. The number of methoxy groups -OCH3 is 1. The molecule has 0 saturated heterocycles. The van der Waals surface area contributed by atoms with Gasteiger partial charge in [-0.2, -0.15) is 0 Å². The molecular formula is C19H18N2O3. The lowest BCUT2D eigenvalue weighted by molar-refractivity contribution is -0.384. The summed E-state index contributed by atoms with van der Waals surface area (Å²) in [4.78, 5) is 11.1. The maximum Gasteiger partial charge on any atom is 0.292 e. The Morgan fingerprint density at radius 2 is 2.08 bits per heavy atom. The van der Waals surface area contributed by atoms with Gasteiger partial charge >= 0.3 is 0 Å². The monoisotopic (exact) mass is 322 g/mol. The third-order valence-electron chi connectivity index (χ3n) is 5.02. The maximum atomic E-state index is 11.4. The molecule has 2 aromatic rings. The van der Waals surface area contributed by atoms with Crippen LogP contribution in [-0.2, 0) is 0 Å². The molecule has 0 bridgehead atoms. The zero-order valence-corrected chi connectivity index (χ0v) is 13.3. The van der Waals surface area contributed by atoms with Crippen LogP contribution in [0.1, 0.15) is 29.5 Å². The third kappa shape index (κ3) is 2.24. The molecule has 0 radical (unpaired) electrons. The van der Waals surface area contributed by atoms with Crippen LogP contribution in [0.25, 0.3) is 0 Å². The summed E-state index contributed by atoms with van der Waals surface area (Å²) in [6.45, 7) is 0. The second-order valence-corrected chi connectivity index (χ2v) is 6.25. The van der Waals surface area contributed by atoms with E-state index in [4.69, 9.17) is 4.74 Å². The molecule has 4 rings (SSSR count). The summed E-state index contributed by atoms with van der Waals surface area (Å²) in [5.41, 5.74) is 2.89. The minimum atomic E-state index is -0.312. The summed E-state index contributed by atoms with van der Waals surface area (Å²) in [6, 6.07) is 13.3. The van der Waals surface area contributed by atoms with Crippen LogP contribution in [-0.4, -0.2) is 12.0 Å². The minimum Gasteiger partial charge on any atom is -0.497 e. The van der Waals surface area contributed by atoms with Gasteiger partial charge in [0, 0.05) is 12.0 Å². The SMILES string of the molecule is COc1cccc(C2Nc3c(cccc3[N+](=O)[O-])C3C=CCC32)c1. The number of fused-ring (bicyclic) bond motifs is 3. The van der Waals surface area contributed by atoms with Crippen LogP contribution in [0.5, 0.6) is 5.75 Å². The fraction of sp³-hybridized carbons (Fsp3) is 0.263. The Bertz CT molecular complexity index is 831. The quantitative estimate of drug-likeness (QED) is 0.516. The first-order chi connectivity index (χ1) is 11.7. The predicted octanol–water partition coefficient (Wildman–Crippen LogP) is 4.43.